The van der Waals surface area contributed by atoms with E-state index in [1.165, 1.54) is 0 Å². The first kappa shape index (κ1) is 16.7. The van der Waals surface area contributed by atoms with Crippen LogP contribution in [0.15, 0.2) is 30.3 Å². The van der Waals surface area contributed by atoms with Gasteiger partial charge in [-0.05, 0) is 30.9 Å². The molecule has 1 aromatic rings. The summed E-state index contributed by atoms with van der Waals surface area (Å²) in [5.41, 5.74) is 6.85. The minimum absolute atomic E-state index is 0.0410. The molecule has 1 aromatic carbocycles. The topological polar surface area (TPSA) is 46.3 Å². The van der Waals surface area contributed by atoms with Crippen molar-refractivity contribution in [2.24, 2.45) is 11.1 Å². The molecule has 1 rings (SSSR count). The average Bonchev–Trinajstić information content (AvgIpc) is 2.46. The molecular weight excluding hydrogens is 248 g/mol. The van der Waals surface area contributed by atoms with Crippen LogP contribution in [0.4, 0.5) is 0 Å². The standard InChI is InChI=1S/C17H28N2O/c1-5-15(14-10-8-7-9-11-14)16(20)19(6-2)13-17(3,4)12-18/h7-11,15H,5-6,12-13,18H2,1-4H3. The molecule has 1 unspecified atom stereocenters. The van der Waals surface area contributed by atoms with Gasteiger partial charge in [-0.3, -0.25) is 4.79 Å². The molecular formula is C17H28N2O. The summed E-state index contributed by atoms with van der Waals surface area (Å²) >= 11 is 0. The predicted octanol–water partition coefficient (Wildman–Crippen LogP) is 3.01. The molecule has 0 heterocycles. The van der Waals surface area contributed by atoms with Gasteiger partial charge < -0.3 is 10.6 Å². The van der Waals surface area contributed by atoms with Gasteiger partial charge in [-0.2, -0.15) is 0 Å². The largest absolute Gasteiger partial charge is 0.342 e. The smallest absolute Gasteiger partial charge is 0.230 e. The Morgan fingerprint density at radius 1 is 1.25 bits per heavy atom. The lowest BCUT2D eigenvalue weighted by molar-refractivity contribution is -0.134. The second-order valence-electron chi connectivity index (χ2n) is 6.09. The number of amides is 1. The van der Waals surface area contributed by atoms with Crippen molar-refractivity contribution in [1.29, 1.82) is 0 Å². The quantitative estimate of drug-likeness (QED) is 0.832. The molecule has 2 N–H and O–H groups in total. The van der Waals surface area contributed by atoms with E-state index in [0.29, 0.717) is 13.1 Å². The molecule has 0 aliphatic carbocycles. The molecule has 3 nitrogen and oxygen atoms in total. The van der Waals surface area contributed by atoms with Gasteiger partial charge in [0.05, 0.1) is 5.92 Å². The van der Waals surface area contributed by atoms with Crippen LogP contribution in [0.3, 0.4) is 0 Å². The molecule has 0 fully saturated rings. The van der Waals surface area contributed by atoms with Crippen molar-refractivity contribution in [1.82, 2.24) is 4.90 Å². The molecule has 0 spiro atoms. The van der Waals surface area contributed by atoms with Crippen LogP contribution in [0.2, 0.25) is 0 Å². The summed E-state index contributed by atoms with van der Waals surface area (Å²) in [5, 5.41) is 0. The summed E-state index contributed by atoms with van der Waals surface area (Å²) in [7, 11) is 0. The maximum absolute atomic E-state index is 12.8. The van der Waals surface area contributed by atoms with E-state index in [1.54, 1.807) is 0 Å². The van der Waals surface area contributed by atoms with E-state index in [-0.39, 0.29) is 17.2 Å². The number of rotatable bonds is 7. The zero-order valence-electron chi connectivity index (χ0n) is 13.2. The minimum atomic E-state index is -0.0512. The van der Waals surface area contributed by atoms with Gasteiger partial charge in [-0.25, -0.2) is 0 Å². The summed E-state index contributed by atoms with van der Waals surface area (Å²) in [6, 6.07) is 10.0. The monoisotopic (exact) mass is 276 g/mol. The van der Waals surface area contributed by atoms with E-state index in [4.69, 9.17) is 5.73 Å². The Hall–Kier alpha value is -1.35. The van der Waals surface area contributed by atoms with Crippen LogP contribution in [0, 0.1) is 5.41 Å². The van der Waals surface area contributed by atoms with E-state index in [2.05, 4.69) is 20.8 Å². The zero-order chi connectivity index (χ0) is 15.2. The highest BCUT2D eigenvalue weighted by molar-refractivity contribution is 5.83. The van der Waals surface area contributed by atoms with Crippen LogP contribution in [-0.2, 0) is 4.79 Å². The molecule has 0 bridgehead atoms. The molecule has 112 valence electrons. The van der Waals surface area contributed by atoms with Gasteiger partial charge in [0.2, 0.25) is 5.91 Å². The number of carbonyl (C=O) groups is 1. The number of hydrogen-bond donors (Lipinski definition) is 1. The molecule has 0 aromatic heterocycles. The Morgan fingerprint density at radius 3 is 2.30 bits per heavy atom. The predicted molar refractivity (Wildman–Crippen MR) is 84.6 cm³/mol. The van der Waals surface area contributed by atoms with E-state index >= 15 is 0 Å². The maximum Gasteiger partial charge on any atom is 0.230 e. The van der Waals surface area contributed by atoms with E-state index in [0.717, 1.165) is 18.5 Å². The normalized spacial score (nSPS) is 13.1. The van der Waals surface area contributed by atoms with Crippen LogP contribution in [0.25, 0.3) is 0 Å². The Bertz CT molecular complexity index is 414. The van der Waals surface area contributed by atoms with Crippen LogP contribution < -0.4 is 5.73 Å². The fourth-order valence-corrected chi connectivity index (χ4v) is 2.39. The van der Waals surface area contributed by atoms with Crippen molar-refractivity contribution in [3.63, 3.8) is 0 Å². The fourth-order valence-electron chi connectivity index (χ4n) is 2.39. The summed E-state index contributed by atoms with van der Waals surface area (Å²) < 4.78 is 0. The van der Waals surface area contributed by atoms with Gasteiger partial charge in [0.25, 0.3) is 0 Å². The Labute approximate surface area is 123 Å². The number of likely N-dealkylation sites (N-methyl/N-ethyl adjacent to an activating group) is 1. The highest BCUT2D eigenvalue weighted by atomic mass is 16.2. The first-order valence-electron chi connectivity index (χ1n) is 7.49. The molecule has 0 aliphatic rings. The Balaban J connectivity index is 2.89. The van der Waals surface area contributed by atoms with Crippen molar-refractivity contribution in [2.75, 3.05) is 19.6 Å². The third-order valence-corrected chi connectivity index (χ3v) is 3.77. The van der Waals surface area contributed by atoms with Crippen LogP contribution in [-0.4, -0.2) is 30.4 Å². The molecule has 1 atom stereocenters. The van der Waals surface area contributed by atoms with E-state index in [9.17, 15) is 4.79 Å². The number of nitrogens with two attached hydrogens (primary N) is 1. The number of benzene rings is 1. The second-order valence-corrected chi connectivity index (χ2v) is 6.09. The van der Waals surface area contributed by atoms with Crippen LogP contribution in [0.5, 0.6) is 0 Å². The summed E-state index contributed by atoms with van der Waals surface area (Å²) in [6.45, 7) is 10.3. The molecule has 0 saturated carbocycles. The molecule has 1 amide bonds. The van der Waals surface area contributed by atoms with Crippen molar-refractivity contribution in [3.8, 4) is 0 Å². The lowest BCUT2D eigenvalue weighted by Gasteiger charge is -2.33. The average molecular weight is 276 g/mol. The van der Waals surface area contributed by atoms with Crippen molar-refractivity contribution in [2.45, 2.75) is 40.0 Å². The van der Waals surface area contributed by atoms with Gasteiger partial charge in [0.1, 0.15) is 0 Å². The van der Waals surface area contributed by atoms with Gasteiger partial charge in [0.15, 0.2) is 0 Å². The molecule has 3 heteroatoms. The van der Waals surface area contributed by atoms with Crippen molar-refractivity contribution in [3.05, 3.63) is 35.9 Å². The van der Waals surface area contributed by atoms with Crippen molar-refractivity contribution < 1.29 is 4.79 Å². The van der Waals surface area contributed by atoms with Gasteiger partial charge in [-0.1, -0.05) is 51.1 Å². The van der Waals surface area contributed by atoms with Gasteiger partial charge in [0, 0.05) is 13.1 Å². The highest BCUT2D eigenvalue weighted by Crippen LogP contribution is 2.24. The summed E-state index contributed by atoms with van der Waals surface area (Å²) in [4.78, 5) is 14.7. The van der Waals surface area contributed by atoms with Crippen molar-refractivity contribution >= 4 is 5.91 Å². The van der Waals surface area contributed by atoms with Gasteiger partial charge >= 0.3 is 0 Å². The highest BCUT2D eigenvalue weighted by Gasteiger charge is 2.27. The number of hydrogen-bond acceptors (Lipinski definition) is 2. The summed E-state index contributed by atoms with van der Waals surface area (Å²) in [6.07, 6.45) is 0.822. The first-order valence-corrected chi connectivity index (χ1v) is 7.49. The molecule has 0 saturated heterocycles. The second kappa shape index (κ2) is 7.44. The third kappa shape index (κ3) is 4.34. The Morgan fingerprint density at radius 2 is 1.85 bits per heavy atom. The lowest BCUT2D eigenvalue weighted by atomic mass is 9.90. The van der Waals surface area contributed by atoms with Gasteiger partial charge in [-0.15, -0.1) is 0 Å². The zero-order valence-corrected chi connectivity index (χ0v) is 13.2. The number of nitrogens with zero attached hydrogens (tertiary/aromatic N) is 1. The lowest BCUT2D eigenvalue weighted by Crippen LogP contribution is -2.43. The van der Waals surface area contributed by atoms with Crippen LogP contribution >= 0.6 is 0 Å². The first-order chi connectivity index (χ1) is 9.45. The van der Waals surface area contributed by atoms with E-state index in [1.807, 2.05) is 42.2 Å². The summed E-state index contributed by atoms with van der Waals surface area (Å²) in [5.74, 6) is 0.160. The SMILES string of the molecule is CCC(C(=O)N(CC)CC(C)(C)CN)c1ccccc1. The molecule has 0 radical (unpaired) electrons. The van der Waals surface area contributed by atoms with E-state index < -0.39 is 0 Å². The Kier molecular flexibility index (Phi) is 6.21. The molecule has 0 aliphatic heterocycles. The maximum atomic E-state index is 12.8. The number of carbonyl (C=O) groups excluding carboxylic acids is 1. The molecule has 20 heavy (non-hydrogen) atoms. The third-order valence-electron chi connectivity index (χ3n) is 3.77. The van der Waals surface area contributed by atoms with Crippen LogP contribution in [0.1, 0.15) is 45.6 Å². The fraction of sp³-hybridized carbons (Fsp3) is 0.588. The minimum Gasteiger partial charge on any atom is -0.342 e.